The summed E-state index contributed by atoms with van der Waals surface area (Å²) < 4.78 is 5.14. The van der Waals surface area contributed by atoms with Crippen LogP contribution < -0.4 is 5.32 Å². The summed E-state index contributed by atoms with van der Waals surface area (Å²) in [5.41, 5.74) is 0.384. The molecule has 0 unspecified atom stereocenters. The summed E-state index contributed by atoms with van der Waals surface area (Å²) in [5, 5.41) is 3.85. The van der Waals surface area contributed by atoms with Gasteiger partial charge in [-0.3, -0.25) is 9.63 Å². The van der Waals surface area contributed by atoms with Gasteiger partial charge < -0.3 is 10.1 Å². The van der Waals surface area contributed by atoms with E-state index in [1.807, 2.05) is 37.3 Å². The number of carbonyl (C=O) groups is 2. The third-order valence-corrected chi connectivity index (χ3v) is 3.22. The number of hydrogen-bond donors (Lipinski definition) is 1. The zero-order chi connectivity index (χ0) is 16.3. The van der Waals surface area contributed by atoms with Crippen LogP contribution >= 0.6 is 0 Å². The number of hydrogen-bond acceptors (Lipinski definition) is 4. The van der Waals surface area contributed by atoms with Crippen LogP contribution in [-0.4, -0.2) is 34.7 Å². The lowest BCUT2D eigenvalue weighted by molar-refractivity contribution is -0.237. The molecule has 1 fully saturated rings. The third-order valence-electron chi connectivity index (χ3n) is 3.22. The zero-order valence-corrected chi connectivity index (χ0v) is 13.3. The van der Waals surface area contributed by atoms with Crippen molar-refractivity contribution in [1.29, 1.82) is 0 Å². The minimum absolute atomic E-state index is 0.233. The van der Waals surface area contributed by atoms with Gasteiger partial charge in [0.05, 0.1) is 6.04 Å². The number of hydroxylamine groups is 2. The van der Waals surface area contributed by atoms with E-state index in [0.29, 0.717) is 6.61 Å². The highest BCUT2D eigenvalue weighted by Gasteiger charge is 2.47. The molecule has 1 aliphatic rings. The predicted molar refractivity (Wildman–Crippen MR) is 80.7 cm³/mol. The van der Waals surface area contributed by atoms with Crippen LogP contribution in [0.2, 0.25) is 0 Å². The van der Waals surface area contributed by atoms with Gasteiger partial charge in [-0.25, -0.2) is 9.86 Å². The molecule has 6 heteroatoms. The van der Waals surface area contributed by atoms with Gasteiger partial charge in [-0.2, -0.15) is 0 Å². The highest BCUT2D eigenvalue weighted by atomic mass is 16.7. The van der Waals surface area contributed by atoms with Crippen LogP contribution in [0.4, 0.5) is 4.79 Å². The molecule has 0 aliphatic carbocycles. The van der Waals surface area contributed by atoms with Crippen LogP contribution in [0, 0.1) is 0 Å². The lowest BCUT2D eigenvalue weighted by Gasteiger charge is -2.43. The smallest absolute Gasteiger partial charge is 0.408 e. The van der Waals surface area contributed by atoms with E-state index >= 15 is 0 Å². The average Bonchev–Trinajstić information content (AvgIpc) is 2.44. The summed E-state index contributed by atoms with van der Waals surface area (Å²) in [7, 11) is 0. The Bertz CT molecular complexity index is 539. The molecule has 1 aromatic carbocycles. The van der Waals surface area contributed by atoms with Crippen molar-refractivity contribution in [3.05, 3.63) is 35.9 Å². The van der Waals surface area contributed by atoms with E-state index in [1.165, 1.54) is 5.06 Å². The van der Waals surface area contributed by atoms with E-state index in [9.17, 15) is 9.59 Å². The Morgan fingerprint density at radius 2 is 1.91 bits per heavy atom. The molecule has 1 N–H and O–H groups in total. The van der Waals surface area contributed by atoms with Crippen LogP contribution in [0.15, 0.2) is 30.3 Å². The summed E-state index contributed by atoms with van der Waals surface area (Å²) in [6, 6.07) is 8.74. The number of ether oxygens (including phenoxy) is 1. The monoisotopic (exact) mass is 306 g/mol. The minimum atomic E-state index is -0.606. The van der Waals surface area contributed by atoms with Gasteiger partial charge >= 0.3 is 6.09 Å². The molecule has 1 aliphatic heterocycles. The number of carbonyl (C=O) groups excluding carboxylic acids is 2. The largest absolute Gasteiger partial charge is 0.444 e. The maximum Gasteiger partial charge on any atom is 0.408 e. The Morgan fingerprint density at radius 1 is 1.27 bits per heavy atom. The first-order valence-electron chi connectivity index (χ1n) is 7.27. The molecule has 2 atom stereocenters. The Hall–Kier alpha value is -2.08. The molecular weight excluding hydrogens is 284 g/mol. The number of benzene rings is 1. The second-order valence-electron chi connectivity index (χ2n) is 6.29. The molecule has 0 spiro atoms. The molecule has 0 bridgehead atoms. The second-order valence-corrected chi connectivity index (χ2v) is 6.29. The highest BCUT2D eigenvalue weighted by molar-refractivity contribution is 5.91. The van der Waals surface area contributed by atoms with Gasteiger partial charge in [-0.1, -0.05) is 30.3 Å². The fourth-order valence-electron chi connectivity index (χ4n) is 2.11. The SMILES string of the molecule is C[C@@H]1[C@H](NC(=O)OC(C)(C)C)C(=O)N1OCc1ccccc1. The van der Waals surface area contributed by atoms with Gasteiger partial charge in [0.1, 0.15) is 18.2 Å². The van der Waals surface area contributed by atoms with E-state index in [2.05, 4.69) is 5.32 Å². The molecule has 6 nitrogen and oxygen atoms in total. The maximum atomic E-state index is 12.0. The maximum absolute atomic E-state index is 12.0. The van der Waals surface area contributed by atoms with Crippen molar-refractivity contribution in [3.8, 4) is 0 Å². The van der Waals surface area contributed by atoms with Crippen molar-refractivity contribution in [1.82, 2.24) is 10.4 Å². The number of amides is 2. The molecule has 0 radical (unpaired) electrons. The van der Waals surface area contributed by atoms with Gasteiger partial charge in [0.25, 0.3) is 5.91 Å². The summed E-state index contributed by atoms with van der Waals surface area (Å²) in [4.78, 5) is 29.2. The van der Waals surface area contributed by atoms with Crippen LogP contribution in [-0.2, 0) is 21.0 Å². The van der Waals surface area contributed by atoms with E-state index in [4.69, 9.17) is 9.57 Å². The van der Waals surface area contributed by atoms with Crippen LogP contribution in [0.1, 0.15) is 33.3 Å². The first-order chi connectivity index (χ1) is 10.3. The van der Waals surface area contributed by atoms with Crippen molar-refractivity contribution in [2.45, 2.75) is 52.0 Å². The Morgan fingerprint density at radius 3 is 2.45 bits per heavy atom. The van der Waals surface area contributed by atoms with E-state index in [1.54, 1.807) is 20.8 Å². The lowest BCUT2D eigenvalue weighted by Crippen LogP contribution is -2.69. The van der Waals surface area contributed by atoms with Crippen LogP contribution in [0.3, 0.4) is 0 Å². The Balaban J connectivity index is 1.82. The minimum Gasteiger partial charge on any atom is -0.444 e. The summed E-state index contributed by atoms with van der Waals surface area (Å²) in [6.07, 6.45) is -0.597. The van der Waals surface area contributed by atoms with E-state index in [0.717, 1.165) is 5.56 Å². The quantitative estimate of drug-likeness (QED) is 0.866. The van der Waals surface area contributed by atoms with Crippen molar-refractivity contribution >= 4 is 12.0 Å². The van der Waals surface area contributed by atoms with Crippen LogP contribution in [0.25, 0.3) is 0 Å². The van der Waals surface area contributed by atoms with Crippen molar-refractivity contribution in [2.24, 2.45) is 0 Å². The van der Waals surface area contributed by atoms with E-state index < -0.39 is 17.7 Å². The third kappa shape index (κ3) is 3.98. The zero-order valence-electron chi connectivity index (χ0n) is 13.3. The molecule has 2 amide bonds. The number of nitrogens with zero attached hydrogens (tertiary/aromatic N) is 1. The van der Waals surface area contributed by atoms with Gasteiger partial charge in [-0.05, 0) is 33.3 Å². The fraction of sp³-hybridized carbons (Fsp3) is 0.500. The standard InChI is InChI=1S/C16H22N2O4/c1-11-13(17-15(20)22-16(2,3)4)14(19)18(11)21-10-12-8-6-5-7-9-12/h5-9,11,13H,10H2,1-4H3,(H,17,20)/t11-,13+/m1/s1. The summed E-state index contributed by atoms with van der Waals surface area (Å²) in [6.45, 7) is 7.44. The number of rotatable bonds is 4. The summed E-state index contributed by atoms with van der Waals surface area (Å²) >= 11 is 0. The van der Waals surface area contributed by atoms with Gasteiger partial charge in [0, 0.05) is 0 Å². The van der Waals surface area contributed by atoms with Crippen molar-refractivity contribution in [2.75, 3.05) is 0 Å². The first kappa shape index (κ1) is 16.3. The Labute approximate surface area is 130 Å². The molecule has 1 heterocycles. The molecular formula is C16H22N2O4. The van der Waals surface area contributed by atoms with Crippen LogP contribution in [0.5, 0.6) is 0 Å². The molecule has 22 heavy (non-hydrogen) atoms. The average molecular weight is 306 g/mol. The topological polar surface area (TPSA) is 67.9 Å². The normalized spacial score (nSPS) is 21.3. The highest BCUT2D eigenvalue weighted by Crippen LogP contribution is 2.22. The number of alkyl carbamates (subject to hydrolysis) is 1. The molecule has 0 saturated carbocycles. The van der Waals surface area contributed by atoms with Crippen molar-refractivity contribution < 1.29 is 19.2 Å². The molecule has 0 aromatic heterocycles. The van der Waals surface area contributed by atoms with Crippen molar-refractivity contribution in [3.63, 3.8) is 0 Å². The van der Waals surface area contributed by atoms with Gasteiger partial charge in [0.15, 0.2) is 0 Å². The molecule has 1 saturated heterocycles. The Kier molecular flexibility index (Phi) is 4.71. The lowest BCUT2D eigenvalue weighted by atomic mass is 10.0. The molecule has 1 aromatic rings. The predicted octanol–water partition coefficient (Wildman–Crippen LogP) is 2.24. The second kappa shape index (κ2) is 6.36. The van der Waals surface area contributed by atoms with E-state index in [-0.39, 0.29) is 11.9 Å². The number of nitrogens with one attached hydrogen (secondary N) is 1. The van der Waals surface area contributed by atoms with Gasteiger partial charge in [0.2, 0.25) is 0 Å². The van der Waals surface area contributed by atoms with Gasteiger partial charge in [-0.15, -0.1) is 0 Å². The molecule has 2 rings (SSSR count). The fourth-order valence-corrected chi connectivity index (χ4v) is 2.11. The molecule has 120 valence electrons. The first-order valence-corrected chi connectivity index (χ1v) is 7.27. The summed E-state index contributed by atoms with van der Waals surface area (Å²) in [5.74, 6) is -0.269. The number of β-lactam (4-membered cyclic amide) rings is 1.